The smallest absolute Gasteiger partial charge is 0.0801 e. The average Bonchev–Trinajstić information content (AvgIpc) is 3.04. The molecule has 0 saturated carbocycles. The highest BCUT2D eigenvalue weighted by Gasteiger charge is 2.24. The minimum absolute atomic E-state index is 1.06. The van der Waals surface area contributed by atoms with Crippen molar-refractivity contribution in [2.24, 2.45) is 5.92 Å². The number of hydrogen-bond acceptors (Lipinski definition) is 1. The van der Waals surface area contributed by atoms with E-state index in [1.807, 2.05) is 4.90 Å². The maximum atomic E-state index is 6.25. The summed E-state index contributed by atoms with van der Waals surface area (Å²) >= 11 is 0. The fourth-order valence-electron chi connectivity index (χ4n) is 3.85. The van der Waals surface area contributed by atoms with Crippen molar-refractivity contribution in [2.45, 2.75) is 104 Å². The molecule has 0 aromatic heterocycles. The van der Waals surface area contributed by atoms with Crippen LogP contribution in [0.1, 0.15) is 104 Å². The maximum Gasteiger partial charge on any atom is 0.0801 e. The zero-order valence-electron chi connectivity index (χ0n) is 16.0. The zero-order chi connectivity index (χ0) is 17.2. The fourth-order valence-corrected chi connectivity index (χ4v) is 3.85. The molecule has 1 rings (SSSR count). The molecule has 1 saturated heterocycles. The molecule has 1 fully saturated rings. The third-order valence-electron chi connectivity index (χ3n) is 5.33. The number of rotatable bonds is 14. The number of unbranched alkanes of at least 4 members (excludes halogenated alkanes) is 10. The van der Waals surface area contributed by atoms with Crippen LogP contribution >= 0.6 is 0 Å². The molecule has 136 valence electrons. The molecule has 23 heavy (non-hydrogen) atoms. The van der Waals surface area contributed by atoms with E-state index in [2.05, 4.69) is 13.8 Å². The summed E-state index contributed by atoms with van der Waals surface area (Å²) in [7, 11) is 0. The standard InChI is InChI=1S/C20H41N.CN/c1-3-5-7-8-9-10-11-12-13-14-17-21-18-16-20(19-21)15-6-4-2;1-2/h20H,3-19H2,1-2H3;/q;-1/p+1. The van der Waals surface area contributed by atoms with Gasteiger partial charge in [0.25, 0.3) is 0 Å². The predicted molar refractivity (Wildman–Crippen MR) is 100 cm³/mol. The van der Waals surface area contributed by atoms with Gasteiger partial charge in [-0.2, -0.15) is 0 Å². The van der Waals surface area contributed by atoms with E-state index in [9.17, 15) is 0 Å². The number of likely N-dealkylation sites (tertiary alicyclic amines) is 1. The second-order valence-corrected chi connectivity index (χ2v) is 7.43. The van der Waals surface area contributed by atoms with E-state index in [1.54, 1.807) is 0 Å². The third-order valence-corrected chi connectivity index (χ3v) is 5.33. The first kappa shape index (κ1) is 22.4. The van der Waals surface area contributed by atoms with Gasteiger partial charge in [0, 0.05) is 12.3 Å². The van der Waals surface area contributed by atoms with E-state index in [4.69, 9.17) is 11.8 Å². The highest BCUT2D eigenvalue weighted by atomic mass is 15.1. The van der Waals surface area contributed by atoms with Crippen molar-refractivity contribution in [1.29, 1.82) is 5.26 Å². The van der Waals surface area contributed by atoms with Crippen LogP contribution in [-0.4, -0.2) is 19.6 Å². The quantitative estimate of drug-likeness (QED) is 0.350. The lowest BCUT2D eigenvalue weighted by Crippen LogP contribution is -3.10. The second kappa shape index (κ2) is 17.8. The van der Waals surface area contributed by atoms with Gasteiger partial charge in [-0.25, -0.2) is 0 Å². The van der Waals surface area contributed by atoms with Gasteiger partial charge in [-0.3, -0.25) is 0 Å². The molecular formula is C21H42N2. The van der Waals surface area contributed by atoms with Gasteiger partial charge in [-0.05, 0) is 19.3 Å². The van der Waals surface area contributed by atoms with Crippen LogP contribution < -0.4 is 4.90 Å². The normalized spacial score (nSPS) is 20.2. The first-order valence-corrected chi connectivity index (χ1v) is 10.4. The Morgan fingerprint density at radius 2 is 1.30 bits per heavy atom. The van der Waals surface area contributed by atoms with Crippen molar-refractivity contribution in [1.82, 2.24) is 0 Å². The topological polar surface area (TPSA) is 28.2 Å². The maximum absolute atomic E-state index is 6.25. The minimum atomic E-state index is 1.06. The lowest BCUT2D eigenvalue weighted by molar-refractivity contribution is -0.889. The van der Waals surface area contributed by atoms with Crippen LogP contribution in [0.4, 0.5) is 0 Å². The number of quaternary nitrogens is 1. The van der Waals surface area contributed by atoms with Gasteiger partial charge in [-0.15, -0.1) is 0 Å². The van der Waals surface area contributed by atoms with Gasteiger partial charge < -0.3 is 16.7 Å². The summed E-state index contributed by atoms with van der Waals surface area (Å²) in [5.74, 6) is 1.06. The van der Waals surface area contributed by atoms with Crippen LogP contribution in [0.3, 0.4) is 0 Å². The molecule has 0 bridgehead atoms. The molecule has 0 radical (unpaired) electrons. The lowest BCUT2D eigenvalue weighted by Gasteiger charge is -2.13. The Kier molecular flexibility index (Phi) is 17.4. The van der Waals surface area contributed by atoms with Gasteiger partial charge in [0.15, 0.2) is 0 Å². The van der Waals surface area contributed by atoms with Crippen molar-refractivity contribution in [3.63, 3.8) is 0 Å². The molecule has 0 amide bonds. The van der Waals surface area contributed by atoms with Gasteiger partial charge >= 0.3 is 0 Å². The van der Waals surface area contributed by atoms with Crippen LogP contribution in [0.15, 0.2) is 0 Å². The molecule has 2 nitrogen and oxygen atoms in total. The van der Waals surface area contributed by atoms with E-state index >= 15 is 0 Å². The van der Waals surface area contributed by atoms with Crippen molar-refractivity contribution in [3.05, 3.63) is 6.57 Å². The summed E-state index contributed by atoms with van der Waals surface area (Å²) in [5.41, 5.74) is 0. The van der Waals surface area contributed by atoms with Crippen molar-refractivity contribution >= 4 is 0 Å². The Balaban J connectivity index is 0.00000232. The molecule has 2 unspecified atom stereocenters. The molecule has 1 heterocycles. The Bertz CT molecular complexity index is 249. The van der Waals surface area contributed by atoms with Gasteiger partial charge in [0.2, 0.25) is 0 Å². The molecule has 1 N–H and O–H groups in total. The van der Waals surface area contributed by atoms with E-state index in [-0.39, 0.29) is 0 Å². The highest BCUT2D eigenvalue weighted by Crippen LogP contribution is 2.13. The van der Waals surface area contributed by atoms with Gasteiger partial charge in [0.05, 0.1) is 19.6 Å². The number of nitrogens with one attached hydrogen (secondary N) is 1. The summed E-state index contributed by atoms with van der Waals surface area (Å²) < 4.78 is 0. The molecule has 0 aliphatic carbocycles. The fraction of sp³-hybridized carbons (Fsp3) is 0.952. The molecule has 2 heteroatoms. The molecule has 0 spiro atoms. The summed E-state index contributed by atoms with van der Waals surface area (Å²) in [4.78, 5) is 1.91. The summed E-state index contributed by atoms with van der Waals surface area (Å²) in [5, 5.41) is 6.25. The predicted octanol–water partition coefficient (Wildman–Crippen LogP) is 5.10. The first-order chi connectivity index (χ1) is 11.4. The lowest BCUT2D eigenvalue weighted by atomic mass is 10.0. The number of nitrogens with zero attached hydrogens (tertiary/aromatic N) is 1. The van der Waals surface area contributed by atoms with Crippen molar-refractivity contribution < 1.29 is 4.90 Å². The van der Waals surface area contributed by atoms with Crippen molar-refractivity contribution in [3.8, 4) is 0 Å². The average molecular weight is 323 g/mol. The molecule has 0 aromatic carbocycles. The van der Waals surface area contributed by atoms with Crippen LogP contribution in [0.25, 0.3) is 0 Å². The van der Waals surface area contributed by atoms with E-state index < -0.39 is 0 Å². The number of hydrogen-bond donors (Lipinski definition) is 1. The first-order valence-electron chi connectivity index (χ1n) is 10.4. The minimum Gasteiger partial charge on any atom is -0.512 e. The van der Waals surface area contributed by atoms with Crippen LogP contribution in [0.2, 0.25) is 0 Å². The Hall–Kier alpha value is -0.550. The monoisotopic (exact) mass is 322 g/mol. The Labute approximate surface area is 146 Å². The zero-order valence-corrected chi connectivity index (χ0v) is 16.0. The van der Waals surface area contributed by atoms with Crippen LogP contribution in [0.5, 0.6) is 0 Å². The van der Waals surface area contributed by atoms with E-state index in [1.165, 1.54) is 110 Å². The largest absolute Gasteiger partial charge is 0.512 e. The van der Waals surface area contributed by atoms with Crippen LogP contribution in [0, 0.1) is 17.8 Å². The van der Waals surface area contributed by atoms with E-state index in [0.29, 0.717) is 0 Å². The third kappa shape index (κ3) is 13.6. The summed E-state index contributed by atoms with van der Waals surface area (Å²) in [6.07, 6.45) is 20.5. The summed E-state index contributed by atoms with van der Waals surface area (Å²) in [6.45, 7) is 13.8. The summed E-state index contributed by atoms with van der Waals surface area (Å²) in [6, 6.07) is 0. The van der Waals surface area contributed by atoms with Gasteiger partial charge in [0.1, 0.15) is 0 Å². The van der Waals surface area contributed by atoms with Crippen LogP contribution in [-0.2, 0) is 0 Å². The molecule has 1 aliphatic heterocycles. The Morgan fingerprint density at radius 1 is 0.783 bits per heavy atom. The molecule has 2 atom stereocenters. The van der Waals surface area contributed by atoms with E-state index in [0.717, 1.165) is 5.92 Å². The second-order valence-electron chi connectivity index (χ2n) is 7.43. The molecule has 0 aromatic rings. The van der Waals surface area contributed by atoms with Crippen molar-refractivity contribution in [2.75, 3.05) is 19.6 Å². The highest BCUT2D eigenvalue weighted by molar-refractivity contribution is 4.62. The van der Waals surface area contributed by atoms with Gasteiger partial charge in [-0.1, -0.05) is 78.1 Å². The molecular weight excluding hydrogens is 280 g/mol. The molecule has 1 aliphatic rings. The Morgan fingerprint density at radius 3 is 1.87 bits per heavy atom. The SMILES string of the molecule is CCCCCCCCCCCC[NH+]1CCC(CCCC)C1.[C-]#N.